The molecule has 2 aliphatic heterocycles. The van der Waals surface area contributed by atoms with Crippen LogP contribution in [0.1, 0.15) is 42.4 Å². The summed E-state index contributed by atoms with van der Waals surface area (Å²) in [5.41, 5.74) is 3.82. The van der Waals surface area contributed by atoms with E-state index in [4.69, 9.17) is 23.7 Å². The number of methoxy groups -OCH3 is 3. The van der Waals surface area contributed by atoms with Crippen molar-refractivity contribution in [1.82, 2.24) is 0 Å². The zero-order valence-electron chi connectivity index (χ0n) is 35.4. The summed E-state index contributed by atoms with van der Waals surface area (Å²) in [7, 11) is 4.78. The van der Waals surface area contributed by atoms with E-state index in [0.717, 1.165) is 26.4 Å². The summed E-state index contributed by atoms with van der Waals surface area (Å²) in [6, 6.07) is 42.6. The summed E-state index contributed by atoms with van der Waals surface area (Å²) < 4.78 is 25.4. The van der Waals surface area contributed by atoms with E-state index in [0.29, 0.717) is 51.0 Å². The molecule has 12 heteroatoms. The van der Waals surface area contributed by atoms with Crippen LogP contribution in [0.15, 0.2) is 161 Å². The maximum Gasteiger partial charge on any atom is 3.00 e. The molecule has 11 nitrogen and oxygen atoms in total. The summed E-state index contributed by atoms with van der Waals surface area (Å²) in [6.45, 7) is 4.00. The Bertz CT molecular complexity index is 2000. The fourth-order valence-corrected chi connectivity index (χ4v) is 5.41. The number of ether oxygens (including phenoxy) is 5. The Morgan fingerprint density at radius 3 is 0.855 bits per heavy atom. The van der Waals surface area contributed by atoms with Gasteiger partial charge in [0.05, 0.1) is 21.3 Å². The number of nitrogens with zero attached hydrogens (tertiary/aromatic N) is 3. The molecule has 0 saturated carbocycles. The van der Waals surface area contributed by atoms with E-state index < -0.39 is 0 Å². The second kappa shape index (κ2) is 30.4. The molecule has 2 fully saturated rings. The van der Waals surface area contributed by atoms with Crippen molar-refractivity contribution in [2.45, 2.75) is 25.7 Å². The molecule has 2 heterocycles. The van der Waals surface area contributed by atoms with Gasteiger partial charge in [-0.25, -0.2) is 0 Å². The van der Waals surface area contributed by atoms with Gasteiger partial charge in [-0.15, -0.1) is 17.2 Å². The molecule has 0 aromatic heterocycles. The molecule has 2 aliphatic rings. The van der Waals surface area contributed by atoms with Crippen LogP contribution < -0.4 is 29.5 Å². The zero-order valence-corrected chi connectivity index (χ0v) is 38.6. The van der Waals surface area contributed by atoms with Crippen molar-refractivity contribution in [1.29, 1.82) is 0 Å². The fourth-order valence-electron chi connectivity index (χ4n) is 5.41. The number of rotatable bonds is 9. The quantitative estimate of drug-likeness (QED) is 0.130. The zero-order chi connectivity index (χ0) is 43.3. The molecule has 6 aromatic carbocycles. The summed E-state index contributed by atoms with van der Waals surface area (Å²) in [6.07, 6.45) is 9.78. The van der Waals surface area contributed by atoms with E-state index in [1.165, 1.54) is 43.9 Å². The Morgan fingerprint density at radius 1 is 0.387 bits per heavy atom. The number of benzene rings is 6. The van der Waals surface area contributed by atoms with E-state index in [2.05, 4.69) is 15.0 Å². The van der Waals surface area contributed by atoms with Gasteiger partial charge in [0.25, 0.3) is 0 Å². The molecule has 0 N–H and O–H groups in total. The second-order valence-corrected chi connectivity index (χ2v) is 13.0. The molecule has 0 aliphatic carbocycles. The van der Waals surface area contributed by atoms with Gasteiger partial charge in [0, 0.05) is 45.1 Å². The van der Waals surface area contributed by atoms with Gasteiger partial charge >= 0.3 is 40.8 Å². The maximum absolute atomic E-state index is 11.5. The topological polar surface area (TPSA) is 152 Å². The number of hydrogen-bond acceptors (Lipinski definition) is 11. The largest absolute Gasteiger partial charge is 3.00 e. The molecule has 6 aromatic rings. The van der Waals surface area contributed by atoms with E-state index in [-0.39, 0.29) is 58.1 Å². The third-order valence-electron chi connectivity index (χ3n) is 8.70. The van der Waals surface area contributed by atoms with Crippen molar-refractivity contribution in [3.8, 4) is 34.5 Å². The summed E-state index contributed by atoms with van der Waals surface area (Å²) in [4.78, 5) is 12.8. The SMILES string of the molecule is C1CCOC1.C1CCOC1.COc1ccccc1N=Cc1ccccc1[O-].COc1ccccc1N=Cc1ccccc1[O-].COc1ccccc1N=Cc1ccccc1[O-].[Nd+3]. The van der Waals surface area contributed by atoms with Crippen LogP contribution in [0.4, 0.5) is 17.1 Å². The third-order valence-corrected chi connectivity index (χ3v) is 8.70. The second-order valence-electron chi connectivity index (χ2n) is 13.0. The average Bonchev–Trinajstić information content (AvgIpc) is 4.11. The van der Waals surface area contributed by atoms with Gasteiger partial charge in [0.1, 0.15) is 34.3 Å². The first kappa shape index (κ1) is 50.8. The first-order valence-electron chi connectivity index (χ1n) is 19.9. The molecular formula is C50H52N3NdO8. The molecule has 62 heavy (non-hydrogen) atoms. The first-order valence-corrected chi connectivity index (χ1v) is 19.9. The molecule has 0 spiro atoms. The Balaban J connectivity index is 0.000000220. The number of aliphatic imine (C=N–C) groups is 3. The van der Waals surface area contributed by atoms with Crippen LogP contribution in [0.5, 0.6) is 34.5 Å². The van der Waals surface area contributed by atoms with Crippen LogP contribution in [-0.2, 0) is 9.47 Å². The summed E-state index contributed by atoms with van der Waals surface area (Å²) in [5, 5.41) is 34.4. The Labute approximate surface area is 398 Å². The van der Waals surface area contributed by atoms with Gasteiger partial charge in [-0.05, 0) is 78.8 Å². The van der Waals surface area contributed by atoms with Gasteiger partial charge in [-0.1, -0.05) is 109 Å². The maximum atomic E-state index is 11.5. The molecule has 2 saturated heterocycles. The van der Waals surface area contributed by atoms with Gasteiger partial charge in [-0.2, -0.15) is 0 Å². The van der Waals surface area contributed by atoms with Crippen molar-refractivity contribution in [3.63, 3.8) is 0 Å². The minimum atomic E-state index is -0.0360. The van der Waals surface area contributed by atoms with Crippen molar-refractivity contribution in [2.24, 2.45) is 15.0 Å². The molecule has 8 rings (SSSR count). The van der Waals surface area contributed by atoms with E-state index in [9.17, 15) is 15.3 Å². The predicted molar refractivity (Wildman–Crippen MR) is 239 cm³/mol. The van der Waals surface area contributed by atoms with E-state index >= 15 is 0 Å². The van der Waals surface area contributed by atoms with E-state index in [1.807, 2.05) is 91.0 Å². The van der Waals surface area contributed by atoms with Crippen LogP contribution in [0.25, 0.3) is 0 Å². The number of hydrogen-bond donors (Lipinski definition) is 0. The smallest absolute Gasteiger partial charge is 0.872 e. The molecule has 1 radical (unpaired) electrons. The van der Waals surface area contributed by atoms with Crippen molar-refractivity contribution in [2.75, 3.05) is 47.8 Å². The summed E-state index contributed by atoms with van der Waals surface area (Å²) >= 11 is 0. The van der Waals surface area contributed by atoms with Crippen molar-refractivity contribution < 1.29 is 79.8 Å². The minimum Gasteiger partial charge on any atom is -0.872 e. The van der Waals surface area contributed by atoms with Crippen LogP contribution in [0.2, 0.25) is 0 Å². The Kier molecular flexibility index (Phi) is 24.9. The fraction of sp³-hybridized carbons (Fsp3) is 0.220. The van der Waals surface area contributed by atoms with Crippen LogP contribution in [0.3, 0.4) is 0 Å². The molecule has 0 amide bonds. The third kappa shape index (κ3) is 18.6. The van der Waals surface area contributed by atoms with Crippen molar-refractivity contribution >= 4 is 35.7 Å². The molecule has 0 bridgehead atoms. The van der Waals surface area contributed by atoms with Crippen molar-refractivity contribution in [3.05, 3.63) is 162 Å². The van der Waals surface area contributed by atoms with Crippen LogP contribution in [-0.4, -0.2) is 66.4 Å². The van der Waals surface area contributed by atoms with E-state index in [1.54, 1.807) is 76.4 Å². The van der Waals surface area contributed by atoms with Crippen LogP contribution >= 0.6 is 0 Å². The Morgan fingerprint density at radius 2 is 0.629 bits per heavy atom. The van der Waals surface area contributed by atoms with Gasteiger partial charge in [0.15, 0.2) is 0 Å². The first-order chi connectivity index (χ1) is 29.9. The molecule has 319 valence electrons. The molecule has 0 unspecified atom stereocenters. The molecule has 0 atom stereocenters. The monoisotopic (exact) mass is 964 g/mol. The number of para-hydroxylation sites is 9. The average molecular weight is 967 g/mol. The predicted octanol–water partition coefficient (Wildman–Crippen LogP) is 9.15. The van der Waals surface area contributed by atoms with Gasteiger partial charge < -0.3 is 39.0 Å². The van der Waals surface area contributed by atoms with Gasteiger partial charge in [-0.3, -0.25) is 15.0 Å². The Hall–Kier alpha value is -5.60. The normalized spacial score (nSPS) is 12.6. The van der Waals surface area contributed by atoms with Gasteiger partial charge in [0.2, 0.25) is 0 Å². The van der Waals surface area contributed by atoms with Crippen LogP contribution in [0, 0.1) is 40.8 Å². The minimum absolute atomic E-state index is 0. The summed E-state index contributed by atoms with van der Waals surface area (Å²) in [5.74, 6) is 1.95. The standard InChI is InChI=1S/3C14H13NO2.2C4H8O.Nd/c3*1-17-14-9-5-3-7-12(14)15-10-11-6-2-4-8-13(11)16;2*1-2-4-5-3-1;/h3*2-10,16H,1H3;2*1-4H2;/q;;;;;+3/p-3. The molecular weight excluding hydrogens is 915 g/mol.